The van der Waals surface area contributed by atoms with Gasteiger partial charge in [-0.1, -0.05) is 30.3 Å². The Hall–Kier alpha value is -2.03. The topological polar surface area (TPSA) is 42.1 Å². The van der Waals surface area contributed by atoms with Crippen molar-refractivity contribution in [1.82, 2.24) is 4.98 Å². The van der Waals surface area contributed by atoms with Gasteiger partial charge in [-0.3, -0.25) is 0 Å². The molecule has 0 saturated carbocycles. The second kappa shape index (κ2) is 5.31. The Balaban J connectivity index is 1.96. The first kappa shape index (κ1) is 12.0. The molecule has 98 valence electrons. The minimum atomic E-state index is 0.599. The second-order valence-electron chi connectivity index (χ2n) is 5.05. The number of anilines is 2. The van der Waals surface area contributed by atoms with Gasteiger partial charge >= 0.3 is 0 Å². The lowest BCUT2D eigenvalue weighted by atomic mass is 10.1. The van der Waals surface area contributed by atoms with Gasteiger partial charge in [0.1, 0.15) is 5.82 Å². The number of piperidine rings is 1. The van der Waals surface area contributed by atoms with Crippen LogP contribution in [0.2, 0.25) is 0 Å². The molecule has 0 unspecified atom stereocenters. The summed E-state index contributed by atoms with van der Waals surface area (Å²) in [5.41, 5.74) is 9.24. The highest BCUT2D eigenvalue weighted by atomic mass is 15.1. The lowest BCUT2D eigenvalue weighted by Crippen LogP contribution is -2.29. The zero-order valence-electron chi connectivity index (χ0n) is 11.0. The minimum Gasteiger partial charge on any atom is -0.384 e. The van der Waals surface area contributed by atoms with Gasteiger partial charge in [0.05, 0.1) is 5.69 Å². The number of nitrogens with two attached hydrogens (primary N) is 1. The molecule has 0 spiro atoms. The second-order valence-corrected chi connectivity index (χ2v) is 5.05. The summed E-state index contributed by atoms with van der Waals surface area (Å²) in [7, 11) is 0. The third-order valence-electron chi connectivity index (χ3n) is 3.62. The monoisotopic (exact) mass is 253 g/mol. The molecule has 0 bridgehead atoms. The molecule has 1 fully saturated rings. The molecule has 3 rings (SSSR count). The molecule has 3 nitrogen and oxygen atoms in total. The smallest absolute Gasteiger partial charge is 0.126 e. The van der Waals surface area contributed by atoms with Crippen LogP contribution in [0.15, 0.2) is 42.5 Å². The summed E-state index contributed by atoms with van der Waals surface area (Å²) in [6, 6.07) is 14.3. The van der Waals surface area contributed by atoms with E-state index in [0.717, 1.165) is 24.3 Å². The lowest BCUT2D eigenvalue weighted by Gasteiger charge is -2.29. The fraction of sp³-hybridized carbons (Fsp3) is 0.312. The zero-order chi connectivity index (χ0) is 13.1. The molecule has 1 aliphatic rings. The summed E-state index contributed by atoms with van der Waals surface area (Å²) < 4.78 is 0. The maximum Gasteiger partial charge on any atom is 0.126 e. The third kappa shape index (κ3) is 2.70. The molecule has 0 aliphatic carbocycles. The van der Waals surface area contributed by atoms with E-state index in [1.54, 1.807) is 0 Å². The number of hydrogen-bond donors (Lipinski definition) is 1. The summed E-state index contributed by atoms with van der Waals surface area (Å²) in [4.78, 5) is 6.86. The maximum atomic E-state index is 5.97. The van der Waals surface area contributed by atoms with Crippen LogP contribution < -0.4 is 10.6 Å². The Bertz CT molecular complexity index is 545. The van der Waals surface area contributed by atoms with E-state index in [-0.39, 0.29) is 0 Å². The van der Waals surface area contributed by atoms with Crippen LogP contribution in [0.5, 0.6) is 0 Å². The fourth-order valence-corrected chi connectivity index (χ4v) is 2.63. The van der Waals surface area contributed by atoms with Gasteiger partial charge in [0, 0.05) is 30.4 Å². The van der Waals surface area contributed by atoms with Gasteiger partial charge < -0.3 is 10.6 Å². The van der Waals surface area contributed by atoms with Crippen LogP contribution in [-0.4, -0.2) is 18.1 Å². The number of aromatic nitrogens is 1. The molecular formula is C16H19N3. The van der Waals surface area contributed by atoms with Crippen LogP contribution in [0.3, 0.4) is 0 Å². The van der Waals surface area contributed by atoms with Crippen molar-refractivity contribution in [2.75, 3.05) is 23.7 Å². The van der Waals surface area contributed by atoms with Crippen molar-refractivity contribution >= 4 is 11.5 Å². The van der Waals surface area contributed by atoms with Gasteiger partial charge in [-0.25, -0.2) is 4.98 Å². The third-order valence-corrected chi connectivity index (χ3v) is 3.62. The molecule has 1 aromatic carbocycles. The van der Waals surface area contributed by atoms with Crippen molar-refractivity contribution in [2.45, 2.75) is 19.3 Å². The van der Waals surface area contributed by atoms with Crippen LogP contribution in [0.4, 0.5) is 11.5 Å². The predicted octanol–water partition coefficient (Wildman–Crippen LogP) is 3.32. The number of nitrogen functional groups attached to an aromatic ring is 1. The van der Waals surface area contributed by atoms with E-state index in [2.05, 4.69) is 28.1 Å². The highest BCUT2D eigenvalue weighted by Gasteiger charge is 2.13. The SMILES string of the molecule is Nc1cc(N2CCCCC2)cc(-c2ccccc2)n1. The Morgan fingerprint density at radius 2 is 1.68 bits per heavy atom. The van der Waals surface area contributed by atoms with Gasteiger partial charge in [-0.2, -0.15) is 0 Å². The Kier molecular flexibility index (Phi) is 3.36. The quantitative estimate of drug-likeness (QED) is 0.892. The molecule has 2 aromatic rings. The molecule has 2 heterocycles. The van der Waals surface area contributed by atoms with Crippen molar-refractivity contribution < 1.29 is 0 Å². The Morgan fingerprint density at radius 1 is 0.947 bits per heavy atom. The summed E-state index contributed by atoms with van der Waals surface area (Å²) in [6.07, 6.45) is 3.87. The highest BCUT2D eigenvalue weighted by molar-refractivity contribution is 5.68. The van der Waals surface area contributed by atoms with Crippen molar-refractivity contribution in [3.05, 3.63) is 42.5 Å². The fourth-order valence-electron chi connectivity index (χ4n) is 2.63. The first-order valence-corrected chi connectivity index (χ1v) is 6.91. The molecular weight excluding hydrogens is 234 g/mol. The summed E-state index contributed by atoms with van der Waals surface area (Å²) in [5, 5.41) is 0. The Labute approximate surface area is 114 Å². The normalized spacial score (nSPS) is 15.5. The molecule has 1 aliphatic heterocycles. The minimum absolute atomic E-state index is 0.599. The predicted molar refractivity (Wildman–Crippen MR) is 80.1 cm³/mol. The number of rotatable bonds is 2. The number of nitrogens with zero attached hydrogens (tertiary/aromatic N) is 2. The van der Waals surface area contributed by atoms with E-state index in [1.807, 2.05) is 24.3 Å². The van der Waals surface area contributed by atoms with Crippen molar-refractivity contribution in [2.24, 2.45) is 0 Å². The molecule has 2 N–H and O–H groups in total. The van der Waals surface area contributed by atoms with Crippen LogP contribution in [0, 0.1) is 0 Å². The highest BCUT2D eigenvalue weighted by Crippen LogP contribution is 2.27. The molecule has 1 aromatic heterocycles. The van der Waals surface area contributed by atoms with Crippen LogP contribution in [0.25, 0.3) is 11.3 Å². The van der Waals surface area contributed by atoms with Gasteiger partial charge in [-0.05, 0) is 25.3 Å². The molecule has 0 atom stereocenters. The largest absolute Gasteiger partial charge is 0.384 e. The van der Waals surface area contributed by atoms with Crippen LogP contribution in [-0.2, 0) is 0 Å². The van der Waals surface area contributed by atoms with Crippen LogP contribution in [0.1, 0.15) is 19.3 Å². The summed E-state index contributed by atoms with van der Waals surface area (Å²) in [5.74, 6) is 0.599. The molecule has 3 heteroatoms. The number of hydrogen-bond acceptors (Lipinski definition) is 3. The summed E-state index contributed by atoms with van der Waals surface area (Å²) >= 11 is 0. The number of benzene rings is 1. The van der Waals surface area contributed by atoms with E-state index in [9.17, 15) is 0 Å². The van der Waals surface area contributed by atoms with E-state index in [4.69, 9.17) is 5.73 Å². The first-order valence-electron chi connectivity index (χ1n) is 6.91. The van der Waals surface area contributed by atoms with Gasteiger partial charge in [-0.15, -0.1) is 0 Å². The average Bonchev–Trinajstić information content (AvgIpc) is 2.48. The van der Waals surface area contributed by atoms with Crippen molar-refractivity contribution in [3.8, 4) is 11.3 Å². The van der Waals surface area contributed by atoms with Gasteiger partial charge in [0.25, 0.3) is 0 Å². The number of pyridine rings is 1. The zero-order valence-corrected chi connectivity index (χ0v) is 11.0. The van der Waals surface area contributed by atoms with E-state index in [1.165, 1.54) is 24.9 Å². The van der Waals surface area contributed by atoms with Crippen molar-refractivity contribution in [3.63, 3.8) is 0 Å². The van der Waals surface area contributed by atoms with Crippen molar-refractivity contribution in [1.29, 1.82) is 0 Å². The summed E-state index contributed by atoms with van der Waals surface area (Å²) in [6.45, 7) is 2.25. The van der Waals surface area contributed by atoms with E-state index < -0.39 is 0 Å². The van der Waals surface area contributed by atoms with E-state index in [0.29, 0.717) is 5.82 Å². The molecule has 0 radical (unpaired) electrons. The molecule has 19 heavy (non-hydrogen) atoms. The Morgan fingerprint density at radius 3 is 2.42 bits per heavy atom. The van der Waals surface area contributed by atoms with Gasteiger partial charge in [0.2, 0.25) is 0 Å². The molecule has 1 saturated heterocycles. The standard InChI is InChI=1S/C16H19N3/c17-16-12-14(19-9-5-2-6-10-19)11-15(18-16)13-7-3-1-4-8-13/h1,3-4,7-8,11-12H,2,5-6,9-10H2,(H2,17,18). The maximum absolute atomic E-state index is 5.97. The van der Waals surface area contributed by atoms with E-state index >= 15 is 0 Å². The first-order chi connectivity index (χ1) is 9.33. The lowest BCUT2D eigenvalue weighted by molar-refractivity contribution is 0.578. The molecule has 0 amide bonds. The van der Waals surface area contributed by atoms with Crippen LogP contribution >= 0.6 is 0 Å². The van der Waals surface area contributed by atoms with Gasteiger partial charge in [0.15, 0.2) is 0 Å². The average molecular weight is 253 g/mol.